The molecule has 1 N–H and O–H groups in total. The summed E-state index contributed by atoms with van der Waals surface area (Å²) < 4.78 is 11.8. The summed E-state index contributed by atoms with van der Waals surface area (Å²) in [5, 5.41) is 3.11. The van der Waals surface area contributed by atoms with E-state index in [2.05, 4.69) is 44.3 Å². The molecule has 1 aromatic carbocycles. The smallest absolute Gasteiger partial charge is 0.146 e. The molecule has 0 saturated carbocycles. The quantitative estimate of drug-likeness (QED) is 0.819. The van der Waals surface area contributed by atoms with Crippen LogP contribution in [0.25, 0.3) is 0 Å². The lowest BCUT2D eigenvalue weighted by Gasteiger charge is -2.15. The van der Waals surface area contributed by atoms with Crippen LogP contribution in [0.5, 0.6) is 5.75 Å². The minimum Gasteiger partial charge on any atom is -0.485 e. The Morgan fingerprint density at radius 2 is 2.05 bits per heavy atom. The molecule has 3 nitrogen and oxygen atoms in total. The molecule has 1 aromatic heterocycles. The second-order valence-corrected chi connectivity index (χ2v) is 5.49. The van der Waals surface area contributed by atoms with Gasteiger partial charge in [0.2, 0.25) is 0 Å². The lowest BCUT2D eigenvalue weighted by atomic mass is 9.98. The lowest BCUT2D eigenvalue weighted by Crippen LogP contribution is -2.04. The van der Waals surface area contributed by atoms with Crippen molar-refractivity contribution < 1.29 is 9.15 Å². The fourth-order valence-electron chi connectivity index (χ4n) is 2.39. The third-order valence-electron chi connectivity index (χ3n) is 3.84. The zero-order chi connectivity index (χ0) is 15.2. The first-order chi connectivity index (χ1) is 10.2. The van der Waals surface area contributed by atoms with E-state index in [0.717, 1.165) is 35.8 Å². The number of hydrogen-bond acceptors (Lipinski definition) is 3. The van der Waals surface area contributed by atoms with Gasteiger partial charge in [0.15, 0.2) is 0 Å². The molecule has 2 rings (SSSR count). The normalized spacial score (nSPS) is 12.4. The minimum absolute atomic E-state index is 0.470. The standard InChI is InChI=1S/C18H25NO2/c1-5-13(2)16-8-6-7-9-17(16)20-12-15-10-14(3)18(21-15)11-19-4/h6-10,13,19H,5,11-12H2,1-4H3. The van der Waals surface area contributed by atoms with Gasteiger partial charge in [-0.1, -0.05) is 32.0 Å². The van der Waals surface area contributed by atoms with Gasteiger partial charge < -0.3 is 14.5 Å². The topological polar surface area (TPSA) is 34.4 Å². The SMILES string of the molecule is CCC(C)c1ccccc1OCc1cc(C)c(CNC)o1. The molecule has 21 heavy (non-hydrogen) atoms. The van der Waals surface area contributed by atoms with Crippen molar-refractivity contribution in [3.8, 4) is 5.75 Å². The van der Waals surface area contributed by atoms with Gasteiger partial charge in [-0.25, -0.2) is 0 Å². The molecule has 1 unspecified atom stereocenters. The van der Waals surface area contributed by atoms with Gasteiger partial charge in [0.1, 0.15) is 23.9 Å². The molecule has 0 fully saturated rings. The van der Waals surface area contributed by atoms with Crippen LogP contribution in [-0.4, -0.2) is 7.05 Å². The van der Waals surface area contributed by atoms with Crippen LogP contribution in [0.3, 0.4) is 0 Å². The summed E-state index contributed by atoms with van der Waals surface area (Å²) in [7, 11) is 1.92. The molecule has 1 heterocycles. The van der Waals surface area contributed by atoms with Gasteiger partial charge in [0.05, 0.1) is 6.54 Å². The average molecular weight is 287 g/mol. The van der Waals surface area contributed by atoms with Crippen LogP contribution in [0.4, 0.5) is 0 Å². The summed E-state index contributed by atoms with van der Waals surface area (Å²) in [4.78, 5) is 0. The summed E-state index contributed by atoms with van der Waals surface area (Å²) in [6.07, 6.45) is 1.10. The molecule has 0 saturated heterocycles. The molecule has 0 aliphatic rings. The molecule has 2 aromatic rings. The van der Waals surface area contributed by atoms with Crippen LogP contribution in [0.15, 0.2) is 34.7 Å². The Balaban J connectivity index is 2.08. The molecule has 1 atom stereocenters. The van der Waals surface area contributed by atoms with Crippen LogP contribution in [0.2, 0.25) is 0 Å². The second kappa shape index (κ2) is 7.32. The Hall–Kier alpha value is -1.74. The van der Waals surface area contributed by atoms with E-state index in [9.17, 15) is 0 Å². The number of nitrogens with one attached hydrogen (secondary N) is 1. The number of benzene rings is 1. The van der Waals surface area contributed by atoms with Crippen LogP contribution >= 0.6 is 0 Å². The van der Waals surface area contributed by atoms with E-state index in [1.54, 1.807) is 0 Å². The van der Waals surface area contributed by atoms with Gasteiger partial charge in [-0.2, -0.15) is 0 Å². The number of para-hydroxylation sites is 1. The van der Waals surface area contributed by atoms with Crippen molar-refractivity contribution in [2.75, 3.05) is 7.05 Å². The van der Waals surface area contributed by atoms with E-state index in [1.165, 1.54) is 5.56 Å². The van der Waals surface area contributed by atoms with Crippen molar-refractivity contribution in [3.63, 3.8) is 0 Å². The number of furan rings is 1. The van der Waals surface area contributed by atoms with Gasteiger partial charge in [-0.15, -0.1) is 0 Å². The predicted molar refractivity (Wildman–Crippen MR) is 85.7 cm³/mol. The van der Waals surface area contributed by atoms with Crippen molar-refractivity contribution >= 4 is 0 Å². The van der Waals surface area contributed by atoms with Crippen LogP contribution in [0, 0.1) is 6.92 Å². The minimum atomic E-state index is 0.470. The Morgan fingerprint density at radius 3 is 2.76 bits per heavy atom. The molecule has 3 heteroatoms. The summed E-state index contributed by atoms with van der Waals surface area (Å²) in [6.45, 7) is 7.70. The van der Waals surface area contributed by atoms with Crippen molar-refractivity contribution in [2.45, 2.75) is 46.3 Å². The van der Waals surface area contributed by atoms with Gasteiger partial charge in [0, 0.05) is 0 Å². The maximum atomic E-state index is 5.98. The monoisotopic (exact) mass is 287 g/mol. The third kappa shape index (κ3) is 3.88. The number of hydrogen-bond donors (Lipinski definition) is 1. The van der Waals surface area contributed by atoms with E-state index >= 15 is 0 Å². The first-order valence-corrected chi connectivity index (χ1v) is 7.60. The van der Waals surface area contributed by atoms with Gasteiger partial charge in [-0.3, -0.25) is 0 Å². The van der Waals surface area contributed by atoms with Crippen molar-refractivity contribution in [2.24, 2.45) is 0 Å². The highest BCUT2D eigenvalue weighted by Crippen LogP contribution is 2.29. The highest BCUT2D eigenvalue weighted by Gasteiger charge is 2.11. The highest BCUT2D eigenvalue weighted by molar-refractivity contribution is 5.36. The van der Waals surface area contributed by atoms with Gasteiger partial charge in [-0.05, 0) is 49.6 Å². The van der Waals surface area contributed by atoms with E-state index < -0.39 is 0 Å². The Labute approximate surface area is 127 Å². The maximum absolute atomic E-state index is 5.98. The van der Waals surface area contributed by atoms with Crippen molar-refractivity contribution in [1.29, 1.82) is 0 Å². The number of rotatable bonds is 7. The van der Waals surface area contributed by atoms with E-state index in [-0.39, 0.29) is 0 Å². The zero-order valence-corrected chi connectivity index (χ0v) is 13.4. The number of aryl methyl sites for hydroxylation is 1. The average Bonchev–Trinajstić information content (AvgIpc) is 2.85. The molecule has 0 bridgehead atoms. The Morgan fingerprint density at radius 1 is 1.29 bits per heavy atom. The fourth-order valence-corrected chi connectivity index (χ4v) is 2.39. The molecule has 0 radical (unpaired) electrons. The van der Waals surface area contributed by atoms with E-state index in [4.69, 9.17) is 9.15 Å². The Bertz CT molecular complexity index is 574. The van der Waals surface area contributed by atoms with Gasteiger partial charge in [0.25, 0.3) is 0 Å². The number of ether oxygens (including phenoxy) is 1. The largest absolute Gasteiger partial charge is 0.485 e. The summed E-state index contributed by atoms with van der Waals surface area (Å²) in [6, 6.07) is 10.3. The molecule has 0 amide bonds. The fraction of sp³-hybridized carbons (Fsp3) is 0.444. The molecular weight excluding hydrogens is 262 g/mol. The molecule has 0 spiro atoms. The Kier molecular flexibility index (Phi) is 5.45. The van der Waals surface area contributed by atoms with Crippen LogP contribution in [0.1, 0.15) is 48.8 Å². The first kappa shape index (κ1) is 15.6. The molecular formula is C18H25NO2. The lowest BCUT2D eigenvalue weighted by molar-refractivity contribution is 0.262. The summed E-state index contributed by atoms with van der Waals surface area (Å²) in [5.74, 6) is 3.30. The van der Waals surface area contributed by atoms with E-state index in [1.807, 2.05) is 19.2 Å². The van der Waals surface area contributed by atoms with Crippen LogP contribution in [-0.2, 0) is 13.2 Å². The predicted octanol–water partition coefficient (Wildman–Crippen LogP) is 4.40. The van der Waals surface area contributed by atoms with Crippen molar-refractivity contribution in [3.05, 3.63) is 53.0 Å². The first-order valence-electron chi connectivity index (χ1n) is 7.60. The van der Waals surface area contributed by atoms with Crippen molar-refractivity contribution in [1.82, 2.24) is 5.32 Å². The molecule has 114 valence electrons. The highest BCUT2D eigenvalue weighted by atomic mass is 16.5. The zero-order valence-electron chi connectivity index (χ0n) is 13.4. The second-order valence-electron chi connectivity index (χ2n) is 5.49. The molecule has 0 aliphatic carbocycles. The van der Waals surface area contributed by atoms with E-state index in [0.29, 0.717) is 12.5 Å². The summed E-state index contributed by atoms with van der Waals surface area (Å²) >= 11 is 0. The maximum Gasteiger partial charge on any atom is 0.146 e. The van der Waals surface area contributed by atoms with Gasteiger partial charge >= 0.3 is 0 Å². The van der Waals surface area contributed by atoms with Crippen LogP contribution < -0.4 is 10.1 Å². The summed E-state index contributed by atoms with van der Waals surface area (Å²) in [5.41, 5.74) is 2.43. The third-order valence-corrected chi connectivity index (χ3v) is 3.84. The molecule has 0 aliphatic heterocycles.